The Kier molecular flexibility index (Phi) is 6.63. The molecular weight excluding hydrogens is 396 g/mol. The Bertz CT molecular complexity index is 940. The summed E-state index contributed by atoms with van der Waals surface area (Å²) < 4.78 is 5.48. The fourth-order valence-electron chi connectivity index (χ4n) is 3.69. The smallest absolute Gasteiger partial charge is 0.407 e. The maximum atomic E-state index is 12.3. The van der Waals surface area contributed by atoms with Crippen molar-refractivity contribution in [3.05, 3.63) is 59.7 Å². The highest BCUT2D eigenvalue weighted by molar-refractivity contribution is 5.86. The Morgan fingerprint density at radius 1 is 1.03 bits per heavy atom. The van der Waals surface area contributed by atoms with Gasteiger partial charge in [0, 0.05) is 17.9 Å². The standard InChI is InChI=1S/C24H28N2O5/c1-15(21(27)28)26-22(29)24(2,3)12-13-25-23(30)31-14-20-18-10-6-4-8-16(18)17-9-5-7-11-19(17)20/h4-11,15,20H,12-14H2,1-3H3,(H,25,30)(H,26,29)(H,27,28)/t15-/m1/s1. The van der Waals surface area contributed by atoms with Crippen LogP contribution in [0.15, 0.2) is 48.5 Å². The summed E-state index contributed by atoms with van der Waals surface area (Å²) in [6.07, 6.45) is -0.202. The van der Waals surface area contributed by atoms with Crippen molar-refractivity contribution in [3.8, 4) is 11.1 Å². The van der Waals surface area contributed by atoms with Crippen molar-refractivity contribution in [2.24, 2.45) is 5.41 Å². The molecule has 0 saturated heterocycles. The Morgan fingerprint density at radius 2 is 1.58 bits per heavy atom. The van der Waals surface area contributed by atoms with Crippen molar-refractivity contribution in [1.82, 2.24) is 10.6 Å². The highest BCUT2D eigenvalue weighted by Gasteiger charge is 2.31. The first-order chi connectivity index (χ1) is 14.7. The maximum absolute atomic E-state index is 12.3. The van der Waals surface area contributed by atoms with E-state index in [1.165, 1.54) is 6.92 Å². The van der Waals surface area contributed by atoms with E-state index in [0.29, 0.717) is 6.42 Å². The lowest BCUT2D eigenvalue weighted by molar-refractivity contribution is -0.143. The predicted molar refractivity (Wildman–Crippen MR) is 117 cm³/mol. The molecule has 0 bridgehead atoms. The van der Waals surface area contributed by atoms with Crippen LogP contribution >= 0.6 is 0 Å². The van der Waals surface area contributed by atoms with Gasteiger partial charge in [-0.1, -0.05) is 62.4 Å². The van der Waals surface area contributed by atoms with Crippen molar-refractivity contribution in [1.29, 1.82) is 0 Å². The number of rotatable bonds is 8. The largest absolute Gasteiger partial charge is 0.480 e. The summed E-state index contributed by atoms with van der Waals surface area (Å²) in [7, 11) is 0. The van der Waals surface area contributed by atoms with E-state index < -0.39 is 23.5 Å². The van der Waals surface area contributed by atoms with Crippen LogP contribution in [0.1, 0.15) is 44.2 Å². The normalized spacial score (nSPS) is 13.6. The number of hydrogen-bond acceptors (Lipinski definition) is 4. The van der Waals surface area contributed by atoms with E-state index in [1.807, 2.05) is 24.3 Å². The van der Waals surface area contributed by atoms with Crippen LogP contribution in [0, 0.1) is 5.41 Å². The molecule has 0 fully saturated rings. The second kappa shape index (κ2) is 9.20. The summed E-state index contributed by atoms with van der Waals surface area (Å²) in [5.74, 6) is -1.49. The van der Waals surface area contributed by atoms with E-state index >= 15 is 0 Å². The van der Waals surface area contributed by atoms with Gasteiger partial charge in [-0.15, -0.1) is 0 Å². The van der Waals surface area contributed by atoms with Crippen molar-refractivity contribution in [2.75, 3.05) is 13.2 Å². The van der Waals surface area contributed by atoms with Crippen LogP contribution in [0.25, 0.3) is 11.1 Å². The molecule has 0 radical (unpaired) electrons. The molecule has 3 N–H and O–H groups in total. The minimum absolute atomic E-state index is 0.0159. The average Bonchev–Trinajstić information content (AvgIpc) is 3.05. The fourth-order valence-corrected chi connectivity index (χ4v) is 3.69. The molecule has 2 amide bonds. The molecule has 7 heteroatoms. The van der Waals surface area contributed by atoms with Gasteiger partial charge in [0.05, 0.1) is 0 Å². The number of hydrogen-bond donors (Lipinski definition) is 3. The lowest BCUT2D eigenvalue weighted by atomic mass is 9.88. The first-order valence-corrected chi connectivity index (χ1v) is 10.3. The monoisotopic (exact) mass is 424 g/mol. The summed E-state index contributed by atoms with van der Waals surface area (Å²) in [5, 5.41) is 14.1. The van der Waals surface area contributed by atoms with Gasteiger partial charge in [-0.25, -0.2) is 4.79 Å². The molecular formula is C24H28N2O5. The Hall–Kier alpha value is -3.35. The molecule has 2 aromatic rings. The number of benzene rings is 2. The van der Waals surface area contributed by atoms with Crippen LogP contribution in [-0.4, -0.2) is 42.3 Å². The highest BCUT2D eigenvalue weighted by Crippen LogP contribution is 2.44. The molecule has 2 aromatic carbocycles. The van der Waals surface area contributed by atoms with Crippen LogP contribution in [0.2, 0.25) is 0 Å². The van der Waals surface area contributed by atoms with Crippen molar-refractivity contribution in [3.63, 3.8) is 0 Å². The molecule has 1 aliphatic rings. The first kappa shape index (κ1) is 22.3. The highest BCUT2D eigenvalue weighted by atomic mass is 16.5. The van der Waals surface area contributed by atoms with E-state index in [4.69, 9.17) is 9.84 Å². The van der Waals surface area contributed by atoms with Gasteiger partial charge >= 0.3 is 12.1 Å². The number of ether oxygens (including phenoxy) is 1. The number of carboxylic acid groups (broad SMARTS) is 1. The number of amides is 2. The molecule has 0 heterocycles. The van der Waals surface area contributed by atoms with Gasteiger partial charge in [0.15, 0.2) is 0 Å². The summed E-state index contributed by atoms with van der Waals surface area (Å²) in [5.41, 5.74) is 3.77. The lowest BCUT2D eigenvalue weighted by Gasteiger charge is -2.25. The second-order valence-corrected chi connectivity index (χ2v) is 8.42. The number of carbonyl (C=O) groups excluding carboxylic acids is 2. The molecule has 0 aliphatic heterocycles. The van der Waals surface area contributed by atoms with Crippen LogP contribution in [0.4, 0.5) is 4.79 Å². The summed E-state index contributed by atoms with van der Waals surface area (Å²) in [4.78, 5) is 35.4. The Morgan fingerprint density at radius 3 is 2.13 bits per heavy atom. The van der Waals surface area contributed by atoms with E-state index in [2.05, 4.69) is 34.9 Å². The van der Waals surface area contributed by atoms with Gasteiger partial charge < -0.3 is 20.5 Å². The summed E-state index contributed by atoms with van der Waals surface area (Å²) in [6.45, 7) is 5.27. The number of nitrogens with one attached hydrogen (secondary N) is 2. The van der Waals surface area contributed by atoms with E-state index in [-0.39, 0.29) is 25.0 Å². The number of carbonyl (C=O) groups is 3. The molecule has 0 spiro atoms. The van der Waals surface area contributed by atoms with Gasteiger partial charge in [0.2, 0.25) is 5.91 Å². The molecule has 0 unspecified atom stereocenters. The molecule has 1 aliphatic carbocycles. The minimum atomic E-state index is -1.10. The molecule has 31 heavy (non-hydrogen) atoms. The second-order valence-electron chi connectivity index (χ2n) is 8.42. The summed E-state index contributed by atoms with van der Waals surface area (Å²) >= 11 is 0. The Labute approximate surface area is 181 Å². The fraction of sp³-hybridized carbons (Fsp3) is 0.375. The van der Waals surface area contributed by atoms with E-state index in [0.717, 1.165) is 22.3 Å². The molecule has 7 nitrogen and oxygen atoms in total. The van der Waals surface area contributed by atoms with Gasteiger partial charge in [-0.05, 0) is 35.6 Å². The third-order valence-electron chi connectivity index (χ3n) is 5.70. The first-order valence-electron chi connectivity index (χ1n) is 10.3. The van der Waals surface area contributed by atoms with E-state index in [9.17, 15) is 14.4 Å². The molecule has 164 valence electrons. The van der Waals surface area contributed by atoms with Gasteiger partial charge in [-0.3, -0.25) is 9.59 Å². The number of alkyl carbamates (subject to hydrolysis) is 1. The number of carboxylic acids is 1. The topological polar surface area (TPSA) is 105 Å². The maximum Gasteiger partial charge on any atom is 0.407 e. The molecule has 0 aromatic heterocycles. The molecule has 3 rings (SSSR count). The zero-order chi connectivity index (χ0) is 22.6. The van der Waals surface area contributed by atoms with Crippen LogP contribution in [-0.2, 0) is 14.3 Å². The van der Waals surface area contributed by atoms with Gasteiger partial charge in [-0.2, -0.15) is 0 Å². The minimum Gasteiger partial charge on any atom is -0.480 e. The zero-order valence-corrected chi connectivity index (χ0v) is 18.0. The van der Waals surface area contributed by atoms with Crippen LogP contribution in [0.5, 0.6) is 0 Å². The SMILES string of the molecule is C[C@@H](NC(=O)C(C)(C)CCNC(=O)OCC1c2ccccc2-c2ccccc21)C(=O)O. The molecule has 1 atom stereocenters. The lowest BCUT2D eigenvalue weighted by Crippen LogP contribution is -2.46. The third-order valence-corrected chi connectivity index (χ3v) is 5.70. The summed E-state index contributed by atoms with van der Waals surface area (Å²) in [6, 6.07) is 15.3. The van der Waals surface area contributed by atoms with Crippen LogP contribution < -0.4 is 10.6 Å². The van der Waals surface area contributed by atoms with Gasteiger partial charge in [0.25, 0.3) is 0 Å². The quantitative estimate of drug-likeness (QED) is 0.601. The zero-order valence-electron chi connectivity index (χ0n) is 18.0. The van der Waals surface area contributed by atoms with Crippen molar-refractivity contribution in [2.45, 2.75) is 39.2 Å². The number of aliphatic carboxylic acids is 1. The van der Waals surface area contributed by atoms with Crippen LogP contribution in [0.3, 0.4) is 0 Å². The van der Waals surface area contributed by atoms with E-state index in [1.54, 1.807) is 13.8 Å². The van der Waals surface area contributed by atoms with Crippen molar-refractivity contribution < 1.29 is 24.2 Å². The average molecular weight is 424 g/mol. The third kappa shape index (κ3) is 5.05. The molecule has 0 saturated carbocycles. The number of fused-ring (bicyclic) bond motifs is 3. The Balaban J connectivity index is 1.51. The predicted octanol–water partition coefficient (Wildman–Crippen LogP) is 3.53. The van der Waals surface area contributed by atoms with Crippen molar-refractivity contribution >= 4 is 18.0 Å². The van der Waals surface area contributed by atoms with Gasteiger partial charge in [0.1, 0.15) is 12.6 Å².